The molecule has 0 radical (unpaired) electrons. The lowest BCUT2D eigenvalue weighted by Crippen LogP contribution is -3.16. The molecule has 0 spiro atoms. The maximum atomic E-state index is 12.6. The molecule has 4 rings (SSSR count). The monoisotopic (exact) mass is 362 g/mol. The molecule has 1 aromatic rings. The van der Waals surface area contributed by atoms with Crippen LogP contribution in [0.2, 0.25) is 0 Å². The van der Waals surface area contributed by atoms with Gasteiger partial charge in [-0.15, -0.1) is 11.3 Å². The molecule has 134 valence electrons. The minimum Gasteiger partial charge on any atom is -0.327 e. The number of hydrogen-bond acceptors (Lipinski definition) is 4. The SMILES string of the molecule is O=C(c1cccs1)N1CC[NH+](CN2C(=O)[C@H]3CCCC[C@H]3C2=O)CC1. The number of nitrogens with one attached hydrogen (secondary N) is 1. The van der Waals surface area contributed by atoms with E-state index in [1.54, 1.807) is 0 Å². The zero-order chi connectivity index (χ0) is 17.4. The van der Waals surface area contributed by atoms with E-state index < -0.39 is 0 Å². The zero-order valence-electron chi connectivity index (χ0n) is 14.3. The number of hydrogen-bond donors (Lipinski definition) is 1. The molecule has 3 heterocycles. The Hall–Kier alpha value is -1.73. The average Bonchev–Trinajstić information content (AvgIpc) is 3.26. The van der Waals surface area contributed by atoms with Crippen LogP contribution in [0.5, 0.6) is 0 Å². The number of thiophene rings is 1. The molecule has 1 N–H and O–H groups in total. The van der Waals surface area contributed by atoms with Crippen LogP contribution >= 0.6 is 11.3 Å². The minimum absolute atomic E-state index is 0.0410. The predicted molar refractivity (Wildman–Crippen MR) is 93.1 cm³/mol. The number of quaternary nitrogens is 1. The molecule has 3 aliphatic rings. The summed E-state index contributed by atoms with van der Waals surface area (Å²) in [4.78, 5) is 42.9. The number of likely N-dealkylation sites (tertiary alicyclic amines) is 1. The normalized spacial score (nSPS) is 27.7. The molecule has 3 fully saturated rings. The summed E-state index contributed by atoms with van der Waals surface area (Å²) in [5, 5.41) is 1.92. The van der Waals surface area contributed by atoms with Gasteiger partial charge in [0.1, 0.15) is 0 Å². The fourth-order valence-corrected chi connectivity index (χ4v) is 5.04. The van der Waals surface area contributed by atoms with Gasteiger partial charge in [0.05, 0.1) is 42.9 Å². The molecule has 3 amide bonds. The van der Waals surface area contributed by atoms with E-state index in [1.807, 2.05) is 22.4 Å². The number of nitrogens with zero attached hydrogens (tertiary/aromatic N) is 2. The molecule has 2 saturated heterocycles. The summed E-state index contributed by atoms with van der Waals surface area (Å²) in [5.74, 6) is 0.0386. The van der Waals surface area contributed by atoms with Crippen molar-refractivity contribution in [2.45, 2.75) is 25.7 Å². The highest BCUT2D eigenvalue weighted by atomic mass is 32.1. The summed E-state index contributed by atoms with van der Waals surface area (Å²) < 4.78 is 0. The van der Waals surface area contributed by atoms with E-state index in [4.69, 9.17) is 0 Å². The molecule has 25 heavy (non-hydrogen) atoms. The largest absolute Gasteiger partial charge is 0.327 e. The van der Waals surface area contributed by atoms with Crippen molar-refractivity contribution in [1.29, 1.82) is 0 Å². The Bertz CT molecular complexity index is 643. The highest BCUT2D eigenvalue weighted by molar-refractivity contribution is 7.12. The fourth-order valence-electron chi connectivity index (χ4n) is 4.35. The Balaban J connectivity index is 1.33. The van der Waals surface area contributed by atoms with E-state index in [0.29, 0.717) is 19.8 Å². The van der Waals surface area contributed by atoms with E-state index in [1.165, 1.54) is 21.1 Å². The summed E-state index contributed by atoms with van der Waals surface area (Å²) >= 11 is 1.47. The van der Waals surface area contributed by atoms with Gasteiger partial charge in [-0.3, -0.25) is 14.4 Å². The number of imide groups is 1. The Labute approximate surface area is 151 Å². The zero-order valence-corrected chi connectivity index (χ0v) is 15.1. The summed E-state index contributed by atoms with van der Waals surface area (Å²) in [5.41, 5.74) is 0. The van der Waals surface area contributed by atoms with Gasteiger partial charge < -0.3 is 9.80 Å². The summed E-state index contributed by atoms with van der Waals surface area (Å²) in [6.45, 7) is 3.38. The van der Waals surface area contributed by atoms with Gasteiger partial charge in [0.15, 0.2) is 6.67 Å². The van der Waals surface area contributed by atoms with Crippen LogP contribution in [0.3, 0.4) is 0 Å². The molecule has 0 unspecified atom stereocenters. The summed E-state index contributed by atoms with van der Waals surface area (Å²) in [7, 11) is 0. The van der Waals surface area contributed by atoms with E-state index in [-0.39, 0.29) is 29.6 Å². The lowest BCUT2D eigenvalue weighted by Gasteiger charge is -2.33. The summed E-state index contributed by atoms with van der Waals surface area (Å²) in [6.07, 6.45) is 3.85. The first-order chi connectivity index (χ1) is 12.1. The van der Waals surface area contributed by atoms with Crippen molar-refractivity contribution >= 4 is 29.1 Å². The smallest absolute Gasteiger partial charge is 0.264 e. The first-order valence-corrected chi connectivity index (χ1v) is 10.0. The number of rotatable bonds is 3. The van der Waals surface area contributed by atoms with Crippen molar-refractivity contribution in [3.05, 3.63) is 22.4 Å². The highest BCUT2D eigenvalue weighted by Gasteiger charge is 2.49. The molecule has 7 heteroatoms. The first-order valence-electron chi connectivity index (χ1n) is 9.16. The number of carbonyl (C=O) groups is 3. The molecule has 1 aliphatic carbocycles. The van der Waals surface area contributed by atoms with Crippen molar-refractivity contribution < 1.29 is 19.3 Å². The second kappa shape index (κ2) is 6.88. The maximum Gasteiger partial charge on any atom is 0.264 e. The standard InChI is InChI=1S/C18H23N3O3S/c22-16-13-4-1-2-5-14(13)17(23)21(16)12-19-7-9-20(10-8-19)18(24)15-6-3-11-25-15/h3,6,11,13-14H,1-2,4-5,7-10,12H2/p+1/t13-,14+. The molecular formula is C18H24N3O3S+. The fraction of sp³-hybridized carbons (Fsp3) is 0.611. The van der Waals surface area contributed by atoms with Crippen LogP contribution in [0.1, 0.15) is 35.4 Å². The first kappa shape index (κ1) is 16.7. The van der Waals surface area contributed by atoms with Crippen LogP contribution in [-0.4, -0.2) is 60.4 Å². The Morgan fingerprint density at radius 1 is 1.12 bits per heavy atom. The van der Waals surface area contributed by atoms with Crippen LogP contribution in [0.15, 0.2) is 17.5 Å². The average molecular weight is 362 g/mol. The minimum atomic E-state index is -0.0673. The molecule has 1 aromatic heterocycles. The van der Waals surface area contributed by atoms with Gasteiger partial charge in [0.25, 0.3) is 5.91 Å². The number of piperazine rings is 1. The van der Waals surface area contributed by atoms with Gasteiger partial charge in [-0.1, -0.05) is 18.9 Å². The van der Waals surface area contributed by atoms with Gasteiger partial charge in [-0.25, -0.2) is 4.90 Å². The van der Waals surface area contributed by atoms with Gasteiger partial charge in [-0.05, 0) is 24.3 Å². The lowest BCUT2D eigenvalue weighted by molar-refractivity contribution is -0.911. The van der Waals surface area contributed by atoms with Gasteiger partial charge in [0, 0.05) is 0 Å². The Morgan fingerprint density at radius 3 is 2.32 bits per heavy atom. The third kappa shape index (κ3) is 3.11. The van der Waals surface area contributed by atoms with Crippen molar-refractivity contribution in [1.82, 2.24) is 9.80 Å². The van der Waals surface area contributed by atoms with Crippen LogP contribution in [0.4, 0.5) is 0 Å². The van der Waals surface area contributed by atoms with E-state index in [9.17, 15) is 14.4 Å². The Morgan fingerprint density at radius 2 is 1.76 bits per heavy atom. The third-order valence-corrected chi connectivity index (χ3v) is 6.66. The lowest BCUT2D eigenvalue weighted by atomic mass is 9.81. The van der Waals surface area contributed by atoms with Crippen molar-refractivity contribution in [2.24, 2.45) is 11.8 Å². The predicted octanol–water partition coefficient (Wildman–Crippen LogP) is 0.222. The molecule has 2 atom stereocenters. The van der Waals surface area contributed by atoms with Crippen LogP contribution in [0, 0.1) is 11.8 Å². The molecule has 2 aliphatic heterocycles. The van der Waals surface area contributed by atoms with Crippen LogP contribution in [-0.2, 0) is 9.59 Å². The van der Waals surface area contributed by atoms with Crippen molar-refractivity contribution in [2.75, 3.05) is 32.8 Å². The quantitative estimate of drug-likeness (QED) is 0.783. The topological polar surface area (TPSA) is 62.1 Å². The molecule has 1 saturated carbocycles. The van der Waals surface area contributed by atoms with Gasteiger partial charge >= 0.3 is 0 Å². The third-order valence-electron chi connectivity index (χ3n) is 5.80. The molecular weight excluding hydrogens is 338 g/mol. The Kier molecular flexibility index (Phi) is 4.60. The number of amides is 3. The van der Waals surface area contributed by atoms with Crippen LogP contribution < -0.4 is 4.90 Å². The summed E-state index contributed by atoms with van der Waals surface area (Å²) in [6, 6.07) is 3.75. The number of carbonyl (C=O) groups excluding carboxylic acids is 3. The van der Waals surface area contributed by atoms with Crippen molar-refractivity contribution in [3.8, 4) is 0 Å². The van der Waals surface area contributed by atoms with Crippen LogP contribution in [0.25, 0.3) is 0 Å². The van der Waals surface area contributed by atoms with E-state index in [2.05, 4.69) is 0 Å². The second-order valence-corrected chi connectivity index (χ2v) is 8.23. The molecule has 6 nitrogen and oxygen atoms in total. The molecule has 0 aromatic carbocycles. The van der Waals surface area contributed by atoms with Gasteiger partial charge in [0.2, 0.25) is 11.8 Å². The van der Waals surface area contributed by atoms with E-state index in [0.717, 1.165) is 43.6 Å². The number of fused-ring (bicyclic) bond motifs is 1. The highest BCUT2D eigenvalue weighted by Crippen LogP contribution is 2.37. The van der Waals surface area contributed by atoms with Gasteiger partial charge in [-0.2, -0.15) is 0 Å². The van der Waals surface area contributed by atoms with Crippen molar-refractivity contribution in [3.63, 3.8) is 0 Å². The van der Waals surface area contributed by atoms with E-state index >= 15 is 0 Å². The second-order valence-electron chi connectivity index (χ2n) is 7.28. The maximum absolute atomic E-state index is 12.6. The molecule has 0 bridgehead atoms.